The van der Waals surface area contributed by atoms with Crippen molar-refractivity contribution in [3.8, 4) is 0 Å². The van der Waals surface area contributed by atoms with E-state index in [2.05, 4.69) is 23.3 Å². The third kappa shape index (κ3) is 4.39. The summed E-state index contributed by atoms with van der Waals surface area (Å²) in [6.07, 6.45) is 6.85. The van der Waals surface area contributed by atoms with E-state index in [0.29, 0.717) is 0 Å². The van der Waals surface area contributed by atoms with Gasteiger partial charge in [-0.3, -0.25) is 4.99 Å². The molecule has 2 nitrogen and oxygen atoms in total. The summed E-state index contributed by atoms with van der Waals surface area (Å²) in [6, 6.07) is 0. The van der Waals surface area contributed by atoms with Crippen LogP contribution in [0.5, 0.6) is 0 Å². The molecule has 2 heteroatoms. The van der Waals surface area contributed by atoms with Gasteiger partial charge in [0.2, 0.25) is 0 Å². The summed E-state index contributed by atoms with van der Waals surface area (Å²) < 4.78 is 0. The van der Waals surface area contributed by atoms with Crippen molar-refractivity contribution in [3.63, 3.8) is 0 Å². The molecule has 0 fully saturated rings. The van der Waals surface area contributed by atoms with Gasteiger partial charge in [0.1, 0.15) is 6.34 Å². The molecule has 0 spiro atoms. The van der Waals surface area contributed by atoms with E-state index in [1.165, 1.54) is 6.34 Å². The summed E-state index contributed by atoms with van der Waals surface area (Å²) >= 11 is 0. The van der Waals surface area contributed by atoms with Crippen molar-refractivity contribution in [3.05, 3.63) is 36.1 Å². The lowest BCUT2D eigenvalue weighted by atomic mass is 10.2. The van der Waals surface area contributed by atoms with Gasteiger partial charge in [0.15, 0.2) is 0 Å². The number of allylic oxidation sites excluding steroid dienone is 4. The third-order valence-electron chi connectivity index (χ3n) is 1.18. The Labute approximate surface area is 73.7 Å². The zero-order chi connectivity index (χ0) is 9.40. The van der Waals surface area contributed by atoms with E-state index >= 15 is 0 Å². The molecule has 0 aliphatic rings. The van der Waals surface area contributed by atoms with E-state index in [-0.39, 0.29) is 0 Å². The molecule has 0 saturated heterocycles. The molecule has 0 saturated carbocycles. The predicted molar refractivity (Wildman–Crippen MR) is 55.8 cm³/mol. The first-order chi connectivity index (χ1) is 5.72. The third-order valence-corrected chi connectivity index (χ3v) is 1.18. The fourth-order valence-corrected chi connectivity index (χ4v) is 0.601. The zero-order valence-corrected chi connectivity index (χ0v) is 7.62. The molecule has 0 aromatic heterocycles. The molecule has 0 amide bonds. The second-order valence-corrected chi connectivity index (χ2v) is 2.41. The highest BCUT2D eigenvalue weighted by atomic mass is 14.8. The lowest BCUT2D eigenvalue weighted by Gasteiger charge is -1.94. The summed E-state index contributed by atoms with van der Waals surface area (Å²) in [5, 5.41) is 0. The lowest BCUT2D eigenvalue weighted by Crippen LogP contribution is -1.77. The Morgan fingerprint density at radius 1 is 1.33 bits per heavy atom. The van der Waals surface area contributed by atoms with E-state index in [0.717, 1.165) is 11.3 Å². The minimum atomic E-state index is 0.891. The van der Waals surface area contributed by atoms with Crippen molar-refractivity contribution in [2.45, 2.75) is 13.8 Å². The van der Waals surface area contributed by atoms with Gasteiger partial charge in [0, 0.05) is 0 Å². The fourth-order valence-electron chi connectivity index (χ4n) is 0.601. The van der Waals surface area contributed by atoms with Crippen LogP contribution in [0.2, 0.25) is 0 Å². The maximum atomic E-state index is 4.07. The average molecular weight is 162 g/mol. The molecule has 0 heterocycles. The van der Waals surface area contributed by atoms with Crippen molar-refractivity contribution in [1.29, 1.82) is 0 Å². The SMILES string of the molecule is C=C/C=C\C(N=CN=C)=C(C)C. The monoisotopic (exact) mass is 162 g/mol. The van der Waals surface area contributed by atoms with Gasteiger partial charge in [0.05, 0.1) is 5.70 Å². The molecule has 0 aliphatic carbocycles. The topological polar surface area (TPSA) is 24.7 Å². The van der Waals surface area contributed by atoms with Crippen LogP contribution >= 0.6 is 0 Å². The molecule has 12 heavy (non-hydrogen) atoms. The van der Waals surface area contributed by atoms with Crippen molar-refractivity contribution in [2.24, 2.45) is 9.98 Å². The predicted octanol–water partition coefficient (Wildman–Crippen LogP) is 2.75. The van der Waals surface area contributed by atoms with E-state index in [4.69, 9.17) is 0 Å². The van der Waals surface area contributed by atoms with Gasteiger partial charge < -0.3 is 0 Å². The van der Waals surface area contributed by atoms with Crippen LogP contribution in [-0.2, 0) is 0 Å². The standard InChI is InChI=1S/C10H14N2/c1-5-6-7-10(9(2)3)12-8-11-4/h5-8H,1,4H2,2-3H3/b7-6-,12-8?. The molecule has 0 bridgehead atoms. The van der Waals surface area contributed by atoms with Crippen LogP contribution in [0.15, 0.2) is 46.1 Å². The van der Waals surface area contributed by atoms with Gasteiger partial charge >= 0.3 is 0 Å². The minimum absolute atomic E-state index is 0.891. The molecule has 0 radical (unpaired) electrons. The smallest absolute Gasteiger partial charge is 0.115 e. The Bertz CT molecular complexity index is 221. The Kier molecular flexibility index (Phi) is 5.53. The van der Waals surface area contributed by atoms with Gasteiger partial charge in [-0.2, -0.15) is 0 Å². The Hall–Kier alpha value is -1.44. The summed E-state index contributed by atoms with van der Waals surface area (Å²) in [7, 11) is 0. The molecule has 0 N–H and O–H groups in total. The highest BCUT2D eigenvalue weighted by Gasteiger charge is 1.88. The second-order valence-electron chi connectivity index (χ2n) is 2.41. The summed E-state index contributed by atoms with van der Waals surface area (Å²) in [5.41, 5.74) is 2.02. The van der Waals surface area contributed by atoms with Crippen LogP contribution in [0, 0.1) is 0 Å². The lowest BCUT2D eigenvalue weighted by molar-refractivity contribution is 1.25. The van der Waals surface area contributed by atoms with Crippen LogP contribution in [0.1, 0.15) is 13.8 Å². The highest BCUT2D eigenvalue weighted by molar-refractivity contribution is 5.64. The molecule has 0 aliphatic heterocycles. The van der Waals surface area contributed by atoms with Crippen LogP contribution in [0.4, 0.5) is 0 Å². The van der Waals surface area contributed by atoms with E-state index in [9.17, 15) is 0 Å². The Balaban J connectivity index is 4.57. The van der Waals surface area contributed by atoms with Gasteiger partial charge in [-0.15, -0.1) is 0 Å². The van der Waals surface area contributed by atoms with Crippen molar-refractivity contribution in [2.75, 3.05) is 0 Å². The molecule has 0 aromatic rings. The Morgan fingerprint density at radius 2 is 2.00 bits per heavy atom. The number of hydrogen-bond donors (Lipinski definition) is 0. The van der Waals surface area contributed by atoms with E-state index < -0.39 is 0 Å². The van der Waals surface area contributed by atoms with Crippen molar-refractivity contribution in [1.82, 2.24) is 0 Å². The molecule has 0 rings (SSSR count). The summed E-state index contributed by atoms with van der Waals surface area (Å²) in [5.74, 6) is 0. The van der Waals surface area contributed by atoms with Crippen LogP contribution in [-0.4, -0.2) is 13.1 Å². The highest BCUT2D eigenvalue weighted by Crippen LogP contribution is 2.05. The van der Waals surface area contributed by atoms with Crippen LogP contribution in [0.25, 0.3) is 0 Å². The quantitative estimate of drug-likeness (QED) is 0.345. The van der Waals surface area contributed by atoms with Crippen LogP contribution in [0.3, 0.4) is 0 Å². The molecule has 0 aromatic carbocycles. The van der Waals surface area contributed by atoms with E-state index in [1.54, 1.807) is 6.08 Å². The number of nitrogens with zero attached hydrogens (tertiary/aromatic N) is 2. The maximum absolute atomic E-state index is 4.07. The van der Waals surface area contributed by atoms with Gasteiger partial charge in [-0.25, -0.2) is 4.99 Å². The largest absolute Gasteiger partial charge is 0.253 e. The average Bonchev–Trinajstić information content (AvgIpc) is 2.04. The zero-order valence-electron chi connectivity index (χ0n) is 7.62. The van der Waals surface area contributed by atoms with Gasteiger partial charge in [0.25, 0.3) is 0 Å². The molecular formula is C10H14N2. The number of rotatable bonds is 4. The number of aliphatic imine (C=N–C) groups is 2. The number of hydrogen-bond acceptors (Lipinski definition) is 1. The summed E-state index contributed by atoms with van der Waals surface area (Å²) in [6.45, 7) is 10.9. The van der Waals surface area contributed by atoms with Gasteiger partial charge in [-0.05, 0) is 26.6 Å². The second kappa shape index (κ2) is 6.28. The van der Waals surface area contributed by atoms with Crippen LogP contribution < -0.4 is 0 Å². The molecule has 64 valence electrons. The maximum Gasteiger partial charge on any atom is 0.115 e. The normalized spacial score (nSPS) is 10.5. The summed E-state index contributed by atoms with van der Waals surface area (Å²) in [4.78, 5) is 7.60. The minimum Gasteiger partial charge on any atom is -0.253 e. The van der Waals surface area contributed by atoms with E-state index in [1.807, 2.05) is 26.0 Å². The Morgan fingerprint density at radius 3 is 2.42 bits per heavy atom. The molecular weight excluding hydrogens is 148 g/mol. The van der Waals surface area contributed by atoms with Crippen molar-refractivity contribution >= 4 is 13.1 Å². The molecule has 0 unspecified atom stereocenters. The fraction of sp³-hybridized carbons (Fsp3) is 0.200. The molecule has 0 atom stereocenters. The first kappa shape index (κ1) is 10.6. The van der Waals surface area contributed by atoms with Gasteiger partial charge in [-0.1, -0.05) is 24.3 Å². The first-order valence-electron chi connectivity index (χ1n) is 3.67. The van der Waals surface area contributed by atoms with Crippen molar-refractivity contribution < 1.29 is 0 Å². The first-order valence-corrected chi connectivity index (χ1v) is 3.67.